The molecule has 0 aliphatic heterocycles. The third-order valence-electron chi connectivity index (χ3n) is 2.72. The Bertz CT molecular complexity index is 402. The monoisotopic (exact) mass is 302 g/mol. The summed E-state index contributed by atoms with van der Waals surface area (Å²) in [5.41, 5.74) is 2.09. The molecule has 1 aromatic heterocycles. The summed E-state index contributed by atoms with van der Waals surface area (Å²) in [5, 5.41) is 10.2. The van der Waals surface area contributed by atoms with E-state index in [1.807, 2.05) is 18.7 Å². The quantitative estimate of drug-likeness (QED) is 0.852. The highest BCUT2D eigenvalue weighted by atomic mass is 79.9. The zero-order chi connectivity index (χ0) is 13.0. The van der Waals surface area contributed by atoms with Gasteiger partial charge in [-0.1, -0.05) is 6.92 Å². The van der Waals surface area contributed by atoms with Crippen LogP contribution in [-0.4, -0.2) is 28.8 Å². The number of rotatable bonds is 5. The Hall–Kier alpha value is -0.880. The molecule has 0 fully saturated rings. The number of carbonyl (C=O) groups is 1. The van der Waals surface area contributed by atoms with E-state index in [1.54, 1.807) is 7.05 Å². The van der Waals surface area contributed by atoms with E-state index in [9.17, 15) is 4.79 Å². The fourth-order valence-electron chi connectivity index (χ4n) is 1.57. The van der Waals surface area contributed by atoms with Gasteiger partial charge < -0.3 is 10.6 Å². The lowest BCUT2D eigenvalue weighted by Crippen LogP contribution is -2.40. The van der Waals surface area contributed by atoms with Crippen LogP contribution in [0, 0.1) is 0 Å². The number of hydrogen-bond acceptors (Lipinski definition) is 3. The highest BCUT2D eigenvalue weighted by molar-refractivity contribution is 9.10. The standard InChI is InChI=1S/C11H19BrN4O/c1-5-8-10(12)9(16(4)15-8)6-14-7(2)11(17)13-3/h7,14H,5-6H2,1-4H3,(H,13,17). The Balaban J connectivity index is 2.69. The molecule has 0 radical (unpaired) electrons. The SMILES string of the molecule is CCc1nn(C)c(CNC(C)C(=O)NC)c1Br. The molecule has 0 spiro atoms. The molecule has 1 unspecified atom stereocenters. The first-order chi connectivity index (χ1) is 8.01. The van der Waals surface area contributed by atoms with E-state index in [-0.39, 0.29) is 11.9 Å². The van der Waals surface area contributed by atoms with Gasteiger partial charge >= 0.3 is 0 Å². The van der Waals surface area contributed by atoms with Crippen LogP contribution in [0.3, 0.4) is 0 Å². The molecule has 96 valence electrons. The molecule has 1 atom stereocenters. The van der Waals surface area contributed by atoms with Gasteiger partial charge in [0.25, 0.3) is 0 Å². The van der Waals surface area contributed by atoms with Crippen LogP contribution in [0.15, 0.2) is 4.47 Å². The smallest absolute Gasteiger partial charge is 0.236 e. The van der Waals surface area contributed by atoms with E-state index in [1.165, 1.54) is 0 Å². The highest BCUT2D eigenvalue weighted by Crippen LogP contribution is 2.21. The van der Waals surface area contributed by atoms with Crippen molar-refractivity contribution in [1.82, 2.24) is 20.4 Å². The van der Waals surface area contributed by atoms with E-state index in [0.29, 0.717) is 6.54 Å². The van der Waals surface area contributed by atoms with Crippen LogP contribution in [0.4, 0.5) is 0 Å². The number of hydrogen-bond donors (Lipinski definition) is 2. The summed E-state index contributed by atoms with van der Waals surface area (Å²) in [5.74, 6) is -0.0148. The molecular weight excluding hydrogens is 284 g/mol. The molecule has 0 saturated carbocycles. The molecule has 2 N–H and O–H groups in total. The second kappa shape index (κ2) is 6.16. The van der Waals surface area contributed by atoms with Gasteiger partial charge in [-0.2, -0.15) is 5.10 Å². The number of nitrogens with zero attached hydrogens (tertiary/aromatic N) is 2. The number of carbonyl (C=O) groups excluding carboxylic acids is 1. The largest absolute Gasteiger partial charge is 0.358 e. The molecule has 5 nitrogen and oxygen atoms in total. The lowest BCUT2D eigenvalue weighted by Gasteiger charge is -2.12. The summed E-state index contributed by atoms with van der Waals surface area (Å²) < 4.78 is 2.87. The fraction of sp³-hybridized carbons (Fsp3) is 0.636. The number of likely N-dealkylation sites (N-methyl/N-ethyl adjacent to an activating group) is 1. The van der Waals surface area contributed by atoms with Crippen molar-refractivity contribution in [3.63, 3.8) is 0 Å². The number of amides is 1. The third kappa shape index (κ3) is 3.29. The predicted octanol–water partition coefficient (Wildman–Crippen LogP) is 0.969. The normalized spacial score (nSPS) is 12.5. The van der Waals surface area contributed by atoms with Gasteiger partial charge in [0, 0.05) is 20.6 Å². The molecule has 0 aliphatic carbocycles. The van der Waals surface area contributed by atoms with Gasteiger partial charge in [-0.25, -0.2) is 0 Å². The second-order valence-corrected chi connectivity index (χ2v) is 4.69. The van der Waals surface area contributed by atoms with Crippen molar-refractivity contribution in [2.45, 2.75) is 32.9 Å². The van der Waals surface area contributed by atoms with Crippen LogP contribution < -0.4 is 10.6 Å². The van der Waals surface area contributed by atoms with Crippen molar-refractivity contribution < 1.29 is 4.79 Å². The predicted molar refractivity (Wildman–Crippen MR) is 70.7 cm³/mol. The summed E-state index contributed by atoms with van der Waals surface area (Å²) in [4.78, 5) is 11.4. The van der Waals surface area contributed by atoms with Gasteiger partial charge in [-0.3, -0.25) is 9.48 Å². The van der Waals surface area contributed by atoms with Gasteiger partial charge in [0.2, 0.25) is 5.91 Å². The maximum Gasteiger partial charge on any atom is 0.236 e. The first-order valence-corrected chi connectivity index (χ1v) is 6.45. The van der Waals surface area contributed by atoms with E-state index in [2.05, 4.69) is 38.6 Å². The van der Waals surface area contributed by atoms with E-state index in [4.69, 9.17) is 0 Å². The maximum absolute atomic E-state index is 11.4. The Labute approximate surface area is 110 Å². The van der Waals surface area contributed by atoms with Crippen LogP contribution in [0.5, 0.6) is 0 Å². The summed E-state index contributed by atoms with van der Waals surface area (Å²) in [6, 6.07) is -0.216. The molecule has 0 aliphatic rings. The molecule has 1 rings (SSSR count). The van der Waals surface area contributed by atoms with Gasteiger partial charge in [0.05, 0.1) is 21.9 Å². The first kappa shape index (κ1) is 14.2. The van der Waals surface area contributed by atoms with Crippen LogP contribution in [0.2, 0.25) is 0 Å². The highest BCUT2D eigenvalue weighted by Gasteiger charge is 2.15. The average Bonchev–Trinajstić information content (AvgIpc) is 2.60. The molecule has 0 aromatic carbocycles. The first-order valence-electron chi connectivity index (χ1n) is 5.66. The van der Waals surface area contributed by atoms with Crippen LogP contribution in [-0.2, 0) is 24.8 Å². The minimum Gasteiger partial charge on any atom is -0.358 e. The zero-order valence-corrected chi connectivity index (χ0v) is 12.3. The van der Waals surface area contributed by atoms with Crippen LogP contribution >= 0.6 is 15.9 Å². The van der Waals surface area contributed by atoms with Crippen LogP contribution in [0.1, 0.15) is 25.2 Å². The minimum absolute atomic E-state index is 0.0148. The second-order valence-electron chi connectivity index (χ2n) is 3.90. The summed E-state index contributed by atoms with van der Waals surface area (Å²) in [7, 11) is 3.54. The van der Waals surface area contributed by atoms with E-state index in [0.717, 1.165) is 22.3 Å². The Morgan fingerprint density at radius 3 is 2.71 bits per heavy atom. The fourth-order valence-corrected chi connectivity index (χ4v) is 2.33. The minimum atomic E-state index is -0.216. The summed E-state index contributed by atoms with van der Waals surface area (Å²) in [6.07, 6.45) is 0.888. The molecule has 0 bridgehead atoms. The number of halogens is 1. The van der Waals surface area contributed by atoms with Crippen molar-refractivity contribution >= 4 is 21.8 Å². The van der Waals surface area contributed by atoms with Crippen molar-refractivity contribution in [2.75, 3.05) is 7.05 Å². The van der Waals surface area contributed by atoms with Gasteiger partial charge in [0.15, 0.2) is 0 Å². The Morgan fingerprint density at radius 2 is 2.24 bits per heavy atom. The van der Waals surface area contributed by atoms with Crippen LogP contribution in [0.25, 0.3) is 0 Å². The molecule has 17 heavy (non-hydrogen) atoms. The molecule has 1 amide bonds. The Morgan fingerprint density at radius 1 is 1.59 bits per heavy atom. The lowest BCUT2D eigenvalue weighted by molar-refractivity contribution is -0.122. The topological polar surface area (TPSA) is 59.0 Å². The number of aromatic nitrogens is 2. The van der Waals surface area contributed by atoms with E-state index < -0.39 is 0 Å². The van der Waals surface area contributed by atoms with Gasteiger partial charge in [-0.05, 0) is 29.3 Å². The molecular formula is C11H19BrN4O. The maximum atomic E-state index is 11.4. The van der Waals surface area contributed by atoms with Crippen molar-refractivity contribution in [1.29, 1.82) is 0 Å². The summed E-state index contributed by atoms with van der Waals surface area (Å²) in [6.45, 7) is 4.51. The molecule has 6 heteroatoms. The van der Waals surface area contributed by atoms with Crippen molar-refractivity contribution in [2.24, 2.45) is 7.05 Å². The third-order valence-corrected chi connectivity index (χ3v) is 3.63. The average molecular weight is 303 g/mol. The number of nitrogens with one attached hydrogen (secondary N) is 2. The number of aryl methyl sites for hydroxylation is 2. The van der Waals surface area contributed by atoms with Crippen molar-refractivity contribution in [3.8, 4) is 0 Å². The lowest BCUT2D eigenvalue weighted by atomic mass is 10.2. The Kier molecular flexibility index (Phi) is 5.14. The summed E-state index contributed by atoms with van der Waals surface area (Å²) >= 11 is 3.54. The van der Waals surface area contributed by atoms with Crippen molar-refractivity contribution in [3.05, 3.63) is 15.9 Å². The molecule has 0 saturated heterocycles. The zero-order valence-electron chi connectivity index (χ0n) is 10.7. The van der Waals surface area contributed by atoms with Gasteiger partial charge in [0.1, 0.15) is 0 Å². The molecule has 1 aromatic rings. The van der Waals surface area contributed by atoms with E-state index >= 15 is 0 Å². The molecule has 1 heterocycles. The van der Waals surface area contributed by atoms with Gasteiger partial charge in [-0.15, -0.1) is 0 Å².